The number of anilines is 1. The van der Waals surface area contributed by atoms with Gasteiger partial charge in [0.15, 0.2) is 0 Å². The number of nitrogens with zero attached hydrogens (tertiary/aromatic N) is 1. The highest BCUT2D eigenvalue weighted by Crippen LogP contribution is 2.26. The number of aromatic nitrogens is 1. The van der Waals surface area contributed by atoms with Crippen molar-refractivity contribution in [3.63, 3.8) is 0 Å². The van der Waals surface area contributed by atoms with Crippen LogP contribution in [-0.4, -0.2) is 20.4 Å². The average molecular weight is 441 g/mol. The van der Waals surface area contributed by atoms with E-state index in [1.165, 1.54) is 12.1 Å². The van der Waals surface area contributed by atoms with E-state index in [0.29, 0.717) is 16.5 Å². The Kier molecular flexibility index (Phi) is 5.97. The van der Waals surface area contributed by atoms with Gasteiger partial charge in [0, 0.05) is 28.7 Å². The highest BCUT2D eigenvalue weighted by molar-refractivity contribution is 7.86. The lowest BCUT2D eigenvalue weighted by Crippen LogP contribution is -2.20. The van der Waals surface area contributed by atoms with Gasteiger partial charge in [0.1, 0.15) is 11.6 Å². The lowest BCUT2D eigenvalue weighted by molar-refractivity contribution is -0.113. The standard InChI is InChI=1S/C23H18ClFN2O2S/c24-17-11-9-16(10-12-17)13-27-14-22(18-5-1-4-8-21(18)27)30(29)15-23(28)26-20-7-3-2-6-19(20)25/h1-12,14H,13,15H2,(H,26,28). The summed E-state index contributed by atoms with van der Waals surface area (Å²) in [5, 5.41) is 3.97. The first-order valence-corrected chi connectivity index (χ1v) is 11.0. The summed E-state index contributed by atoms with van der Waals surface area (Å²) >= 11 is 5.96. The van der Waals surface area contributed by atoms with Crippen molar-refractivity contribution >= 4 is 44.9 Å². The summed E-state index contributed by atoms with van der Waals surface area (Å²) in [7, 11) is -1.59. The Balaban J connectivity index is 1.57. The number of para-hydroxylation sites is 2. The summed E-state index contributed by atoms with van der Waals surface area (Å²) in [6.07, 6.45) is 1.81. The molecule has 1 aromatic heterocycles. The van der Waals surface area contributed by atoms with E-state index in [9.17, 15) is 13.4 Å². The lowest BCUT2D eigenvalue weighted by Gasteiger charge is -2.06. The number of amides is 1. The molecule has 4 rings (SSSR count). The molecule has 0 spiro atoms. The predicted molar refractivity (Wildman–Crippen MR) is 119 cm³/mol. The van der Waals surface area contributed by atoms with E-state index in [-0.39, 0.29) is 11.4 Å². The predicted octanol–water partition coefficient (Wildman–Crippen LogP) is 5.23. The van der Waals surface area contributed by atoms with Crippen LogP contribution in [0, 0.1) is 5.82 Å². The first-order valence-electron chi connectivity index (χ1n) is 9.26. The summed E-state index contributed by atoms with van der Waals surface area (Å²) in [4.78, 5) is 12.9. The Hall–Kier alpha value is -2.96. The molecule has 1 heterocycles. The van der Waals surface area contributed by atoms with Crippen LogP contribution in [0.2, 0.25) is 5.02 Å². The van der Waals surface area contributed by atoms with E-state index >= 15 is 0 Å². The monoisotopic (exact) mass is 440 g/mol. The van der Waals surface area contributed by atoms with Crippen LogP contribution in [0.15, 0.2) is 83.9 Å². The summed E-state index contributed by atoms with van der Waals surface area (Å²) < 4.78 is 28.7. The molecular formula is C23H18ClFN2O2S. The van der Waals surface area contributed by atoms with E-state index < -0.39 is 22.5 Å². The fourth-order valence-corrected chi connectivity index (χ4v) is 4.51. The normalized spacial score (nSPS) is 12.1. The SMILES string of the molecule is O=C(CS(=O)c1cn(Cc2ccc(Cl)cc2)c2ccccc12)Nc1ccccc1F. The zero-order valence-electron chi connectivity index (χ0n) is 15.8. The Morgan fingerprint density at radius 3 is 2.47 bits per heavy atom. The summed E-state index contributed by atoms with van der Waals surface area (Å²) in [5.41, 5.74) is 2.05. The van der Waals surface area contributed by atoms with Crippen molar-refractivity contribution in [2.45, 2.75) is 11.4 Å². The van der Waals surface area contributed by atoms with Crippen molar-refractivity contribution in [1.82, 2.24) is 4.57 Å². The van der Waals surface area contributed by atoms with Gasteiger partial charge in [-0.15, -0.1) is 0 Å². The number of carbonyl (C=O) groups is 1. The minimum Gasteiger partial charge on any atom is -0.342 e. The first kappa shape index (κ1) is 20.3. The Labute approximate surface area is 180 Å². The van der Waals surface area contributed by atoms with Gasteiger partial charge in [-0.3, -0.25) is 9.00 Å². The van der Waals surface area contributed by atoms with Gasteiger partial charge >= 0.3 is 0 Å². The van der Waals surface area contributed by atoms with Crippen molar-refractivity contribution in [3.05, 3.63) is 95.4 Å². The fraction of sp³-hybridized carbons (Fsp3) is 0.0870. The average Bonchev–Trinajstić information content (AvgIpc) is 3.10. The molecule has 1 unspecified atom stereocenters. The van der Waals surface area contributed by atoms with Crippen LogP contribution in [0.5, 0.6) is 0 Å². The van der Waals surface area contributed by atoms with Crippen LogP contribution in [0.25, 0.3) is 10.9 Å². The van der Waals surface area contributed by atoms with Gasteiger partial charge in [0.05, 0.1) is 21.4 Å². The zero-order valence-corrected chi connectivity index (χ0v) is 17.4. The highest BCUT2D eigenvalue weighted by Gasteiger charge is 2.17. The van der Waals surface area contributed by atoms with E-state index in [1.54, 1.807) is 12.1 Å². The molecule has 3 aromatic carbocycles. The summed E-state index contributed by atoms with van der Waals surface area (Å²) in [6.45, 7) is 0.580. The molecule has 0 radical (unpaired) electrons. The molecule has 0 saturated carbocycles. The van der Waals surface area contributed by atoms with Crippen molar-refractivity contribution in [2.24, 2.45) is 0 Å². The second-order valence-corrected chi connectivity index (χ2v) is 8.64. The maximum atomic E-state index is 13.8. The third-order valence-electron chi connectivity index (χ3n) is 4.67. The molecule has 0 fully saturated rings. The zero-order chi connectivity index (χ0) is 21.1. The van der Waals surface area contributed by atoms with Gasteiger partial charge in [-0.1, -0.05) is 54.1 Å². The van der Waals surface area contributed by atoms with E-state index in [1.807, 2.05) is 59.3 Å². The Bertz CT molecular complexity index is 1240. The Morgan fingerprint density at radius 1 is 1.00 bits per heavy atom. The number of benzene rings is 3. The van der Waals surface area contributed by atoms with Crippen LogP contribution in [-0.2, 0) is 22.1 Å². The third-order valence-corrected chi connectivity index (χ3v) is 6.27. The maximum Gasteiger partial charge on any atom is 0.237 e. The molecule has 4 nitrogen and oxygen atoms in total. The number of fused-ring (bicyclic) bond motifs is 1. The highest BCUT2D eigenvalue weighted by atomic mass is 35.5. The van der Waals surface area contributed by atoms with Crippen molar-refractivity contribution in [2.75, 3.05) is 11.1 Å². The maximum absolute atomic E-state index is 13.8. The van der Waals surface area contributed by atoms with Gasteiger partial charge in [0.25, 0.3) is 0 Å². The quantitative estimate of drug-likeness (QED) is 0.446. The van der Waals surface area contributed by atoms with E-state index in [2.05, 4.69) is 5.32 Å². The lowest BCUT2D eigenvalue weighted by atomic mass is 10.2. The van der Waals surface area contributed by atoms with Crippen LogP contribution in [0.4, 0.5) is 10.1 Å². The largest absolute Gasteiger partial charge is 0.342 e. The Morgan fingerprint density at radius 2 is 1.70 bits per heavy atom. The molecule has 0 aliphatic rings. The van der Waals surface area contributed by atoms with Crippen molar-refractivity contribution in [1.29, 1.82) is 0 Å². The van der Waals surface area contributed by atoms with Crippen LogP contribution in [0.1, 0.15) is 5.56 Å². The van der Waals surface area contributed by atoms with Crippen LogP contribution in [0.3, 0.4) is 0 Å². The number of rotatable bonds is 6. The van der Waals surface area contributed by atoms with Gasteiger partial charge in [-0.05, 0) is 35.9 Å². The molecule has 30 heavy (non-hydrogen) atoms. The molecule has 4 aromatic rings. The van der Waals surface area contributed by atoms with Gasteiger partial charge in [-0.2, -0.15) is 0 Å². The molecule has 1 atom stereocenters. The van der Waals surface area contributed by atoms with Crippen LogP contribution < -0.4 is 5.32 Å². The molecule has 0 bridgehead atoms. The number of halogens is 2. The topological polar surface area (TPSA) is 51.1 Å². The second kappa shape index (κ2) is 8.81. The molecule has 1 N–H and O–H groups in total. The third kappa shape index (κ3) is 4.45. The molecule has 0 aliphatic heterocycles. The molecule has 0 aliphatic carbocycles. The van der Waals surface area contributed by atoms with E-state index in [0.717, 1.165) is 16.5 Å². The fourth-order valence-electron chi connectivity index (χ4n) is 3.26. The molecule has 1 amide bonds. The van der Waals surface area contributed by atoms with Crippen LogP contribution >= 0.6 is 11.6 Å². The number of hydrogen-bond acceptors (Lipinski definition) is 2. The molecular weight excluding hydrogens is 423 g/mol. The number of carbonyl (C=O) groups excluding carboxylic acids is 1. The minimum absolute atomic E-state index is 0.0738. The van der Waals surface area contributed by atoms with Gasteiger partial charge in [-0.25, -0.2) is 4.39 Å². The summed E-state index contributed by atoms with van der Waals surface area (Å²) in [6, 6.07) is 21.0. The van der Waals surface area contributed by atoms with Crippen molar-refractivity contribution < 1.29 is 13.4 Å². The number of nitrogens with one attached hydrogen (secondary N) is 1. The second-order valence-electron chi connectivity index (χ2n) is 6.78. The van der Waals surface area contributed by atoms with E-state index in [4.69, 9.17) is 11.6 Å². The smallest absolute Gasteiger partial charge is 0.237 e. The first-order chi connectivity index (χ1) is 14.5. The van der Waals surface area contributed by atoms with Gasteiger partial charge in [0.2, 0.25) is 5.91 Å². The summed E-state index contributed by atoms with van der Waals surface area (Å²) in [5.74, 6) is -1.30. The molecule has 152 valence electrons. The molecule has 7 heteroatoms. The van der Waals surface area contributed by atoms with Crippen molar-refractivity contribution in [3.8, 4) is 0 Å². The minimum atomic E-state index is -1.59. The van der Waals surface area contributed by atoms with Gasteiger partial charge < -0.3 is 9.88 Å². The number of hydrogen-bond donors (Lipinski definition) is 1. The molecule has 0 saturated heterocycles.